The second kappa shape index (κ2) is 5.16. The highest BCUT2D eigenvalue weighted by molar-refractivity contribution is 8.10. The average molecular weight is 290 g/mol. The first kappa shape index (κ1) is 13.0. The van der Waals surface area contributed by atoms with Gasteiger partial charge in [-0.25, -0.2) is 10.2 Å². The molecule has 1 fully saturated rings. The summed E-state index contributed by atoms with van der Waals surface area (Å²) in [6.45, 7) is -2.65. The van der Waals surface area contributed by atoms with Gasteiger partial charge in [0.1, 0.15) is 0 Å². The molecule has 0 aromatic heterocycles. The SMILES string of the molecule is OP1(=S)NC(c2ccccc2)C(c2ccccc2)N1. The van der Waals surface area contributed by atoms with Crippen LogP contribution >= 0.6 is 6.57 Å². The van der Waals surface area contributed by atoms with Crippen molar-refractivity contribution in [2.45, 2.75) is 12.1 Å². The van der Waals surface area contributed by atoms with Crippen LogP contribution in [0.4, 0.5) is 0 Å². The quantitative estimate of drug-likeness (QED) is 0.744. The molecule has 3 N–H and O–H groups in total. The number of hydrogen-bond donors (Lipinski definition) is 3. The van der Waals surface area contributed by atoms with Crippen LogP contribution in [0.25, 0.3) is 0 Å². The zero-order chi connectivity index (χ0) is 13.3. The van der Waals surface area contributed by atoms with Crippen molar-refractivity contribution in [3.63, 3.8) is 0 Å². The lowest BCUT2D eigenvalue weighted by molar-refractivity contribution is 0.554. The van der Waals surface area contributed by atoms with E-state index in [9.17, 15) is 4.89 Å². The normalized spacial score (nSPS) is 30.4. The fraction of sp³-hybridized carbons (Fsp3) is 0.143. The highest BCUT2D eigenvalue weighted by Crippen LogP contribution is 2.49. The molecule has 0 saturated carbocycles. The molecule has 3 rings (SSSR count). The molecular formula is C14H15N2OPS. The van der Waals surface area contributed by atoms with Gasteiger partial charge in [0.15, 0.2) is 6.57 Å². The summed E-state index contributed by atoms with van der Waals surface area (Å²) in [5, 5.41) is 6.33. The van der Waals surface area contributed by atoms with Crippen LogP contribution < -0.4 is 10.2 Å². The van der Waals surface area contributed by atoms with Gasteiger partial charge in [-0.2, -0.15) is 0 Å². The van der Waals surface area contributed by atoms with Crippen LogP contribution in [0.15, 0.2) is 60.7 Å². The van der Waals surface area contributed by atoms with E-state index in [2.05, 4.69) is 34.4 Å². The van der Waals surface area contributed by atoms with Gasteiger partial charge in [0.05, 0.1) is 12.1 Å². The smallest absolute Gasteiger partial charge is 0.196 e. The van der Waals surface area contributed by atoms with Gasteiger partial charge in [-0.15, -0.1) is 0 Å². The Balaban J connectivity index is 2.00. The number of nitrogens with one attached hydrogen (secondary N) is 2. The van der Waals surface area contributed by atoms with E-state index in [0.717, 1.165) is 11.1 Å². The third-order valence-electron chi connectivity index (χ3n) is 3.28. The summed E-state index contributed by atoms with van der Waals surface area (Å²) in [6.07, 6.45) is 0. The van der Waals surface area contributed by atoms with Crippen molar-refractivity contribution in [3.05, 3.63) is 71.8 Å². The first-order chi connectivity index (χ1) is 9.16. The van der Waals surface area contributed by atoms with Crippen molar-refractivity contribution in [1.29, 1.82) is 0 Å². The molecule has 2 unspecified atom stereocenters. The number of benzene rings is 2. The Morgan fingerprint density at radius 3 is 1.53 bits per heavy atom. The molecule has 0 bridgehead atoms. The van der Waals surface area contributed by atoms with Gasteiger partial charge in [-0.05, 0) is 22.9 Å². The third kappa shape index (κ3) is 2.78. The van der Waals surface area contributed by atoms with Crippen LogP contribution in [0, 0.1) is 0 Å². The van der Waals surface area contributed by atoms with E-state index < -0.39 is 6.57 Å². The zero-order valence-electron chi connectivity index (χ0n) is 10.2. The summed E-state index contributed by atoms with van der Waals surface area (Å²) in [4.78, 5) is 10.2. The highest BCUT2D eigenvalue weighted by atomic mass is 32.4. The lowest BCUT2D eigenvalue weighted by Gasteiger charge is -2.19. The van der Waals surface area contributed by atoms with Crippen LogP contribution in [0.5, 0.6) is 0 Å². The summed E-state index contributed by atoms with van der Waals surface area (Å²) >= 11 is 5.21. The van der Waals surface area contributed by atoms with E-state index in [1.807, 2.05) is 36.4 Å². The van der Waals surface area contributed by atoms with Crippen molar-refractivity contribution in [2.75, 3.05) is 0 Å². The van der Waals surface area contributed by atoms with Crippen molar-refractivity contribution in [3.8, 4) is 0 Å². The van der Waals surface area contributed by atoms with E-state index in [-0.39, 0.29) is 12.1 Å². The van der Waals surface area contributed by atoms with Crippen molar-refractivity contribution in [1.82, 2.24) is 10.2 Å². The fourth-order valence-corrected chi connectivity index (χ4v) is 4.52. The molecule has 1 heterocycles. The molecule has 0 amide bonds. The molecule has 5 heteroatoms. The second-order valence-corrected chi connectivity index (χ2v) is 7.86. The van der Waals surface area contributed by atoms with Gasteiger partial charge < -0.3 is 4.89 Å². The maximum atomic E-state index is 10.2. The lowest BCUT2D eigenvalue weighted by atomic mass is 9.95. The highest BCUT2D eigenvalue weighted by Gasteiger charge is 2.37. The number of rotatable bonds is 2. The Morgan fingerprint density at radius 1 is 0.789 bits per heavy atom. The van der Waals surface area contributed by atoms with Gasteiger partial charge in [0.2, 0.25) is 0 Å². The molecular weight excluding hydrogens is 275 g/mol. The third-order valence-corrected chi connectivity index (χ3v) is 5.17. The molecule has 1 aliphatic heterocycles. The Bertz CT molecular complexity index is 554. The Hall–Kier alpha value is -1.03. The maximum Gasteiger partial charge on any atom is 0.196 e. The van der Waals surface area contributed by atoms with Crippen LogP contribution in [-0.2, 0) is 11.8 Å². The van der Waals surface area contributed by atoms with E-state index in [4.69, 9.17) is 11.8 Å². The minimum atomic E-state index is -2.65. The molecule has 0 radical (unpaired) electrons. The van der Waals surface area contributed by atoms with E-state index >= 15 is 0 Å². The molecule has 0 spiro atoms. The van der Waals surface area contributed by atoms with Gasteiger partial charge in [0.25, 0.3) is 0 Å². The van der Waals surface area contributed by atoms with Gasteiger partial charge in [-0.1, -0.05) is 60.7 Å². The van der Waals surface area contributed by atoms with Crippen molar-refractivity contribution in [2.24, 2.45) is 0 Å². The molecule has 1 aliphatic rings. The summed E-state index contributed by atoms with van der Waals surface area (Å²) < 4.78 is 0. The molecule has 19 heavy (non-hydrogen) atoms. The Labute approximate surface area is 117 Å². The number of hydrogen-bond acceptors (Lipinski definition) is 1. The molecule has 2 atom stereocenters. The molecule has 1 saturated heterocycles. The van der Waals surface area contributed by atoms with Crippen LogP contribution in [0.2, 0.25) is 0 Å². The molecule has 2 aromatic rings. The zero-order valence-corrected chi connectivity index (χ0v) is 11.9. The van der Waals surface area contributed by atoms with E-state index in [0.29, 0.717) is 0 Å². The largest absolute Gasteiger partial charge is 0.343 e. The standard InChI is InChI=1S/C14H15N2OPS/c17-18(19)15-13(11-7-3-1-4-8-11)14(16-18)12-9-5-2-6-10-12/h1-10,13-14H,(H3,15,16,17,19). The molecule has 3 nitrogen and oxygen atoms in total. The van der Waals surface area contributed by atoms with Crippen LogP contribution in [-0.4, -0.2) is 4.89 Å². The summed E-state index contributed by atoms with van der Waals surface area (Å²) in [6, 6.07) is 20.2. The van der Waals surface area contributed by atoms with Crippen molar-refractivity contribution < 1.29 is 4.89 Å². The molecule has 98 valence electrons. The average Bonchev–Trinajstić information content (AvgIpc) is 2.77. The Morgan fingerprint density at radius 2 is 1.16 bits per heavy atom. The predicted molar refractivity (Wildman–Crippen MR) is 81.1 cm³/mol. The first-order valence-corrected chi connectivity index (χ1v) is 8.89. The van der Waals surface area contributed by atoms with Crippen LogP contribution in [0.3, 0.4) is 0 Å². The summed E-state index contributed by atoms with van der Waals surface area (Å²) in [5.41, 5.74) is 2.26. The summed E-state index contributed by atoms with van der Waals surface area (Å²) in [5.74, 6) is 0. The van der Waals surface area contributed by atoms with Gasteiger partial charge >= 0.3 is 0 Å². The van der Waals surface area contributed by atoms with Crippen molar-refractivity contribution >= 4 is 18.4 Å². The Kier molecular flexibility index (Phi) is 3.52. The second-order valence-electron chi connectivity index (χ2n) is 4.61. The van der Waals surface area contributed by atoms with E-state index in [1.165, 1.54) is 0 Å². The van der Waals surface area contributed by atoms with Gasteiger partial charge in [-0.3, -0.25) is 0 Å². The topological polar surface area (TPSA) is 44.3 Å². The van der Waals surface area contributed by atoms with Crippen LogP contribution in [0.1, 0.15) is 23.2 Å². The maximum absolute atomic E-state index is 10.2. The monoisotopic (exact) mass is 290 g/mol. The fourth-order valence-electron chi connectivity index (χ4n) is 2.42. The lowest BCUT2D eigenvalue weighted by Crippen LogP contribution is -2.17. The summed E-state index contributed by atoms with van der Waals surface area (Å²) in [7, 11) is 0. The molecule has 0 aliphatic carbocycles. The first-order valence-electron chi connectivity index (χ1n) is 6.14. The van der Waals surface area contributed by atoms with Gasteiger partial charge in [0, 0.05) is 0 Å². The minimum absolute atomic E-state index is 0.000525. The minimum Gasteiger partial charge on any atom is -0.343 e. The molecule has 2 aromatic carbocycles. The predicted octanol–water partition coefficient (Wildman–Crippen LogP) is 2.88. The van der Waals surface area contributed by atoms with E-state index in [1.54, 1.807) is 0 Å².